The van der Waals surface area contributed by atoms with E-state index in [0.717, 1.165) is 0 Å². The summed E-state index contributed by atoms with van der Waals surface area (Å²) >= 11 is 0. The van der Waals surface area contributed by atoms with Gasteiger partial charge in [0.2, 0.25) is 0 Å². The van der Waals surface area contributed by atoms with Gasteiger partial charge in [0.05, 0.1) is 16.0 Å². The molecular formula is C16H13N5O3S. The first-order chi connectivity index (χ1) is 12.0. The second kappa shape index (κ2) is 5.78. The number of rotatable bonds is 4. The highest BCUT2D eigenvalue weighted by Gasteiger charge is 2.20. The van der Waals surface area contributed by atoms with Crippen LogP contribution in [0.1, 0.15) is 11.6 Å². The molecule has 9 heteroatoms. The molecule has 0 saturated heterocycles. The molecule has 126 valence electrons. The third-order valence-electron chi connectivity index (χ3n) is 3.63. The summed E-state index contributed by atoms with van der Waals surface area (Å²) in [4.78, 5) is 15.9. The molecule has 0 saturated carbocycles. The first-order valence-corrected chi connectivity index (χ1v) is 9.10. The van der Waals surface area contributed by atoms with Crippen molar-refractivity contribution in [2.75, 3.05) is 0 Å². The zero-order valence-corrected chi connectivity index (χ0v) is 14.0. The molecular weight excluding hydrogens is 342 g/mol. The summed E-state index contributed by atoms with van der Waals surface area (Å²) in [7, 11) is -3.54. The monoisotopic (exact) mass is 355 g/mol. The van der Waals surface area contributed by atoms with E-state index >= 15 is 0 Å². The lowest BCUT2D eigenvalue weighted by Crippen LogP contribution is -2.06. The van der Waals surface area contributed by atoms with E-state index in [1.165, 1.54) is 12.1 Å². The molecule has 3 heterocycles. The lowest BCUT2D eigenvalue weighted by atomic mass is 10.2. The molecule has 0 spiro atoms. The van der Waals surface area contributed by atoms with E-state index in [1.54, 1.807) is 30.5 Å². The van der Waals surface area contributed by atoms with Crippen molar-refractivity contribution in [3.8, 4) is 11.5 Å². The van der Waals surface area contributed by atoms with Crippen molar-refractivity contribution in [2.24, 2.45) is 0 Å². The molecule has 0 aliphatic heterocycles. The highest BCUT2D eigenvalue weighted by Crippen LogP contribution is 2.25. The van der Waals surface area contributed by atoms with E-state index in [2.05, 4.69) is 25.1 Å². The van der Waals surface area contributed by atoms with Crippen LogP contribution in [0.5, 0.6) is 0 Å². The van der Waals surface area contributed by atoms with Gasteiger partial charge in [0.15, 0.2) is 21.3 Å². The van der Waals surface area contributed by atoms with Crippen molar-refractivity contribution in [3.05, 3.63) is 54.2 Å². The third kappa shape index (κ3) is 2.89. The van der Waals surface area contributed by atoms with Crippen LogP contribution in [0.3, 0.4) is 0 Å². The van der Waals surface area contributed by atoms with Crippen molar-refractivity contribution >= 4 is 21.0 Å². The molecule has 25 heavy (non-hydrogen) atoms. The number of pyridine rings is 1. The Labute approximate surface area is 142 Å². The van der Waals surface area contributed by atoms with Crippen LogP contribution in [-0.4, -0.2) is 33.5 Å². The van der Waals surface area contributed by atoms with E-state index in [4.69, 9.17) is 4.52 Å². The van der Waals surface area contributed by atoms with Gasteiger partial charge in [-0.1, -0.05) is 23.4 Å². The van der Waals surface area contributed by atoms with E-state index in [0.29, 0.717) is 22.6 Å². The van der Waals surface area contributed by atoms with Crippen molar-refractivity contribution in [2.45, 2.75) is 17.6 Å². The van der Waals surface area contributed by atoms with Gasteiger partial charge >= 0.3 is 0 Å². The minimum Gasteiger partial charge on any atom is -0.340 e. The van der Waals surface area contributed by atoms with Gasteiger partial charge in [0, 0.05) is 6.20 Å². The number of aromatic amines is 1. The zero-order chi connectivity index (χ0) is 17.4. The van der Waals surface area contributed by atoms with E-state index < -0.39 is 9.84 Å². The molecule has 0 bridgehead atoms. The number of fused-ring (bicyclic) bond motifs is 1. The van der Waals surface area contributed by atoms with Gasteiger partial charge in [0.1, 0.15) is 11.6 Å². The Balaban J connectivity index is 1.69. The maximum atomic E-state index is 12.4. The molecule has 1 N–H and O–H groups in total. The van der Waals surface area contributed by atoms with Crippen LogP contribution >= 0.6 is 0 Å². The standard InChI is InChI=1S/C16H13N5O3S/c1-10-18-14-12(7-8-17-15(14)19-10)16-20-13(21-24-16)9-25(22,23)11-5-3-2-4-6-11/h2-8H,9H2,1H3,(H,17,18,19). The largest absolute Gasteiger partial charge is 0.340 e. The molecule has 4 aromatic rings. The van der Waals surface area contributed by atoms with Crippen LogP contribution in [0.4, 0.5) is 0 Å². The Morgan fingerprint density at radius 2 is 1.92 bits per heavy atom. The Morgan fingerprint density at radius 3 is 2.72 bits per heavy atom. The summed E-state index contributed by atoms with van der Waals surface area (Å²) in [6, 6.07) is 9.88. The smallest absolute Gasteiger partial charge is 0.260 e. The van der Waals surface area contributed by atoms with E-state index in [1.807, 2.05) is 6.92 Å². The third-order valence-corrected chi connectivity index (χ3v) is 5.26. The first kappa shape index (κ1) is 15.5. The van der Waals surface area contributed by atoms with Crippen LogP contribution in [0.15, 0.2) is 52.0 Å². The number of H-pyrrole nitrogens is 1. The second-order valence-corrected chi connectivity index (χ2v) is 7.46. The van der Waals surface area contributed by atoms with Crippen LogP contribution in [-0.2, 0) is 15.6 Å². The van der Waals surface area contributed by atoms with Crippen molar-refractivity contribution in [1.29, 1.82) is 0 Å². The van der Waals surface area contributed by atoms with E-state index in [9.17, 15) is 8.42 Å². The van der Waals surface area contributed by atoms with E-state index in [-0.39, 0.29) is 22.4 Å². The summed E-state index contributed by atoms with van der Waals surface area (Å²) in [5.74, 6) is 0.687. The van der Waals surface area contributed by atoms with Crippen LogP contribution in [0.2, 0.25) is 0 Å². The minimum atomic E-state index is -3.54. The average molecular weight is 355 g/mol. The lowest BCUT2D eigenvalue weighted by Gasteiger charge is -2.00. The predicted molar refractivity (Wildman–Crippen MR) is 89.2 cm³/mol. The van der Waals surface area contributed by atoms with Gasteiger partial charge in [-0.15, -0.1) is 0 Å². The summed E-state index contributed by atoms with van der Waals surface area (Å²) < 4.78 is 30.1. The molecule has 0 aliphatic carbocycles. The number of sulfone groups is 1. The highest BCUT2D eigenvalue weighted by molar-refractivity contribution is 7.90. The number of aromatic nitrogens is 5. The summed E-state index contributed by atoms with van der Waals surface area (Å²) in [6.45, 7) is 1.82. The summed E-state index contributed by atoms with van der Waals surface area (Å²) in [5, 5.41) is 3.80. The Kier molecular flexibility index (Phi) is 3.57. The molecule has 0 atom stereocenters. The second-order valence-electron chi connectivity index (χ2n) is 5.47. The number of nitrogens with one attached hydrogen (secondary N) is 1. The molecule has 0 amide bonds. The molecule has 0 unspecified atom stereocenters. The predicted octanol–water partition coefficient (Wildman–Crippen LogP) is 2.29. The number of benzene rings is 1. The maximum absolute atomic E-state index is 12.4. The quantitative estimate of drug-likeness (QED) is 0.597. The van der Waals surface area contributed by atoms with Gasteiger partial charge in [-0.2, -0.15) is 4.98 Å². The van der Waals surface area contributed by atoms with Crippen LogP contribution < -0.4 is 0 Å². The van der Waals surface area contributed by atoms with Crippen LogP contribution in [0, 0.1) is 6.92 Å². The zero-order valence-electron chi connectivity index (χ0n) is 13.2. The summed E-state index contributed by atoms with van der Waals surface area (Å²) in [6.07, 6.45) is 1.59. The number of nitrogens with zero attached hydrogens (tertiary/aromatic N) is 4. The molecule has 0 aliphatic rings. The normalized spacial score (nSPS) is 11.9. The van der Waals surface area contributed by atoms with Crippen LogP contribution in [0.25, 0.3) is 22.6 Å². The number of hydrogen-bond acceptors (Lipinski definition) is 7. The van der Waals surface area contributed by atoms with Crippen molar-refractivity contribution in [3.63, 3.8) is 0 Å². The molecule has 3 aromatic heterocycles. The SMILES string of the molecule is Cc1nc2nccc(-c3nc(CS(=O)(=O)c4ccccc4)no3)c2[nH]1. The molecule has 0 fully saturated rings. The first-order valence-electron chi connectivity index (χ1n) is 7.45. The van der Waals surface area contributed by atoms with Gasteiger partial charge in [0.25, 0.3) is 5.89 Å². The van der Waals surface area contributed by atoms with Gasteiger partial charge in [-0.25, -0.2) is 18.4 Å². The number of hydrogen-bond donors (Lipinski definition) is 1. The molecule has 0 radical (unpaired) electrons. The molecule has 4 rings (SSSR count). The van der Waals surface area contributed by atoms with Crippen molar-refractivity contribution in [1.82, 2.24) is 25.1 Å². The Morgan fingerprint density at radius 1 is 1.12 bits per heavy atom. The molecule has 8 nitrogen and oxygen atoms in total. The fourth-order valence-corrected chi connectivity index (χ4v) is 3.70. The Bertz CT molecular complexity index is 1150. The number of aryl methyl sites for hydroxylation is 1. The fourth-order valence-electron chi connectivity index (χ4n) is 2.51. The Hall–Kier alpha value is -3.07. The molecule has 1 aromatic carbocycles. The topological polar surface area (TPSA) is 115 Å². The minimum absolute atomic E-state index is 0.0973. The fraction of sp³-hybridized carbons (Fsp3) is 0.125. The number of imidazole rings is 1. The van der Waals surface area contributed by atoms with Gasteiger partial charge in [-0.05, 0) is 25.1 Å². The summed E-state index contributed by atoms with van der Waals surface area (Å²) in [5.41, 5.74) is 1.83. The van der Waals surface area contributed by atoms with Gasteiger partial charge in [-0.3, -0.25) is 0 Å². The van der Waals surface area contributed by atoms with Gasteiger partial charge < -0.3 is 9.51 Å². The van der Waals surface area contributed by atoms with Crippen molar-refractivity contribution < 1.29 is 12.9 Å². The maximum Gasteiger partial charge on any atom is 0.260 e. The average Bonchev–Trinajstić information content (AvgIpc) is 3.20. The lowest BCUT2D eigenvalue weighted by molar-refractivity contribution is 0.424. The highest BCUT2D eigenvalue weighted by atomic mass is 32.2.